The fourth-order valence-corrected chi connectivity index (χ4v) is 4.75. The third-order valence-corrected chi connectivity index (χ3v) is 6.18. The number of aromatic nitrogens is 3. The quantitative estimate of drug-likeness (QED) is 0.578. The number of hydrogen-bond donors (Lipinski definition) is 1. The molecule has 1 N–H and O–H groups in total. The lowest BCUT2D eigenvalue weighted by Crippen LogP contribution is -2.36. The van der Waals surface area contributed by atoms with Crippen LogP contribution in [-0.4, -0.2) is 26.7 Å². The molecule has 162 valence electrons. The second kappa shape index (κ2) is 7.26. The van der Waals surface area contributed by atoms with Gasteiger partial charge in [0.2, 0.25) is 0 Å². The number of thiophene rings is 1. The van der Waals surface area contributed by atoms with Gasteiger partial charge in [-0.1, -0.05) is 0 Å². The van der Waals surface area contributed by atoms with E-state index in [-0.39, 0.29) is 11.3 Å². The first-order valence-electron chi connectivity index (χ1n) is 9.21. The molecule has 0 aromatic carbocycles. The Labute approximate surface area is 176 Å². The molecule has 0 spiro atoms. The van der Waals surface area contributed by atoms with E-state index < -0.39 is 29.4 Å². The van der Waals surface area contributed by atoms with Crippen molar-refractivity contribution in [3.63, 3.8) is 0 Å². The highest BCUT2D eigenvalue weighted by atomic mass is 32.1. The van der Waals surface area contributed by atoms with E-state index in [0.29, 0.717) is 21.1 Å². The van der Waals surface area contributed by atoms with Gasteiger partial charge in [0.05, 0.1) is 5.56 Å². The molecule has 0 saturated heterocycles. The predicted octanol–water partition coefficient (Wildman–Crippen LogP) is 4.76. The molecule has 3 aromatic rings. The molecule has 6 nitrogen and oxygen atoms in total. The Hall–Kier alpha value is -3.07. The van der Waals surface area contributed by atoms with E-state index in [1.165, 1.54) is 18.3 Å². The number of rotatable bonds is 3. The molecule has 1 amide bonds. The second-order valence-corrected chi connectivity index (χ2v) is 8.24. The van der Waals surface area contributed by atoms with E-state index >= 15 is 0 Å². The van der Waals surface area contributed by atoms with Crippen LogP contribution in [0, 0.1) is 18.3 Å². The molecule has 0 unspecified atom stereocenters. The van der Waals surface area contributed by atoms with Crippen LogP contribution >= 0.6 is 11.3 Å². The lowest BCUT2D eigenvalue weighted by molar-refractivity contribution is -0.291. The van der Waals surface area contributed by atoms with Gasteiger partial charge in [-0.05, 0) is 44.2 Å². The Balaban J connectivity index is 1.73. The summed E-state index contributed by atoms with van der Waals surface area (Å²) in [6.07, 6.45) is -2.44. The zero-order chi connectivity index (χ0) is 22.6. The van der Waals surface area contributed by atoms with Crippen molar-refractivity contribution in [1.29, 1.82) is 5.26 Å². The Morgan fingerprint density at radius 2 is 1.94 bits per heavy atom. The number of alkyl halides is 5. The third kappa shape index (κ3) is 3.52. The minimum atomic E-state index is -5.85. The number of anilines is 1. The summed E-state index contributed by atoms with van der Waals surface area (Å²) in [5.41, 5.74) is -1.02. The van der Waals surface area contributed by atoms with Crippen LogP contribution in [-0.2, 0) is 18.8 Å². The van der Waals surface area contributed by atoms with Crippen LogP contribution in [0.5, 0.6) is 0 Å². The molecule has 0 aliphatic heterocycles. The molecular weight excluding hydrogens is 441 g/mol. The molecule has 4 rings (SSSR count). The number of nitriles is 1. The highest BCUT2D eigenvalue weighted by Gasteiger charge is 2.60. The fraction of sp³-hybridized carbons (Fsp3) is 0.368. The molecule has 3 aromatic heterocycles. The van der Waals surface area contributed by atoms with Crippen LogP contribution in [0.3, 0.4) is 0 Å². The normalized spacial score (nSPS) is 14.4. The molecule has 0 atom stereocenters. The number of nitrogens with zero attached hydrogens (tertiary/aromatic N) is 4. The van der Waals surface area contributed by atoms with Gasteiger partial charge in [-0.15, -0.1) is 11.3 Å². The van der Waals surface area contributed by atoms with E-state index in [2.05, 4.69) is 21.5 Å². The van der Waals surface area contributed by atoms with Gasteiger partial charge in [0.25, 0.3) is 5.91 Å². The van der Waals surface area contributed by atoms with Crippen LogP contribution in [0.2, 0.25) is 0 Å². The summed E-state index contributed by atoms with van der Waals surface area (Å²) in [6.45, 7) is 1.26. The van der Waals surface area contributed by atoms with E-state index in [1.807, 2.05) is 0 Å². The lowest BCUT2D eigenvalue weighted by atomic mass is 9.96. The Morgan fingerprint density at radius 3 is 2.61 bits per heavy atom. The Kier molecular flexibility index (Phi) is 4.96. The van der Waals surface area contributed by atoms with Crippen molar-refractivity contribution in [3.05, 3.63) is 45.2 Å². The van der Waals surface area contributed by atoms with Crippen molar-refractivity contribution in [2.24, 2.45) is 0 Å². The zero-order valence-corrected chi connectivity index (χ0v) is 16.8. The number of carbonyl (C=O) groups excluding carboxylic acids is 1. The van der Waals surface area contributed by atoms with Crippen molar-refractivity contribution in [1.82, 2.24) is 14.6 Å². The summed E-state index contributed by atoms with van der Waals surface area (Å²) in [4.78, 5) is 17.6. The van der Waals surface area contributed by atoms with E-state index in [1.54, 1.807) is 0 Å². The number of hydrogen-bond acceptors (Lipinski definition) is 5. The number of carbonyl (C=O) groups is 1. The number of amides is 1. The average Bonchev–Trinajstić information content (AvgIpc) is 3.26. The Morgan fingerprint density at radius 1 is 1.23 bits per heavy atom. The van der Waals surface area contributed by atoms with Gasteiger partial charge in [-0.3, -0.25) is 4.79 Å². The summed E-state index contributed by atoms with van der Waals surface area (Å²) in [5.74, 6) is -6.03. The van der Waals surface area contributed by atoms with Crippen molar-refractivity contribution < 1.29 is 26.7 Å². The SMILES string of the molecule is Cc1cc(C(F)(F)C(F)(F)F)n2nc(C(=O)Nc3sc4c(c3C#N)CCCC4)cc2n1. The van der Waals surface area contributed by atoms with Crippen LogP contribution in [0.25, 0.3) is 5.65 Å². The van der Waals surface area contributed by atoms with E-state index in [9.17, 15) is 32.0 Å². The number of fused-ring (bicyclic) bond motifs is 2. The Bertz CT molecular complexity index is 1240. The van der Waals surface area contributed by atoms with Crippen molar-refractivity contribution in [2.45, 2.75) is 44.7 Å². The topological polar surface area (TPSA) is 83.1 Å². The molecule has 0 fully saturated rings. The van der Waals surface area contributed by atoms with Gasteiger partial charge in [-0.2, -0.15) is 32.3 Å². The highest BCUT2D eigenvalue weighted by molar-refractivity contribution is 7.16. The molecule has 31 heavy (non-hydrogen) atoms. The molecule has 1 aliphatic carbocycles. The van der Waals surface area contributed by atoms with Crippen molar-refractivity contribution in [2.75, 3.05) is 5.32 Å². The van der Waals surface area contributed by atoms with Crippen molar-refractivity contribution in [3.8, 4) is 6.07 Å². The van der Waals surface area contributed by atoms with Crippen molar-refractivity contribution >= 4 is 27.9 Å². The minimum absolute atomic E-state index is 0.0871. The molecule has 0 saturated carbocycles. The molecule has 12 heteroatoms. The van der Waals surface area contributed by atoms with Gasteiger partial charge in [0, 0.05) is 16.6 Å². The second-order valence-electron chi connectivity index (χ2n) is 7.14. The summed E-state index contributed by atoms with van der Waals surface area (Å²) >= 11 is 1.26. The van der Waals surface area contributed by atoms with Gasteiger partial charge < -0.3 is 5.32 Å². The first kappa shape index (κ1) is 21.2. The number of halogens is 5. The monoisotopic (exact) mass is 455 g/mol. The molecule has 0 bridgehead atoms. The smallest absolute Gasteiger partial charge is 0.311 e. The maximum Gasteiger partial charge on any atom is 0.459 e. The molecule has 0 radical (unpaired) electrons. The molecule has 3 heterocycles. The average molecular weight is 455 g/mol. The maximum atomic E-state index is 14.0. The largest absolute Gasteiger partial charge is 0.459 e. The van der Waals surface area contributed by atoms with Gasteiger partial charge >= 0.3 is 12.1 Å². The van der Waals surface area contributed by atoms with Gasteiger partial charge in [-0.25, -0.2) is 9.50 Å². The summed E-state index contributed by atoms with van der Waals surface area (Å²) in [5, 5.41) is 16.0. The summed E-state index contributed by atoms with van der Waals surface area (Å²) in [7, 11) is 0. The van der Waals surface area contributed by atoms with Gasteiger partial charge in [0.1, 0.15) is 16.8 Å². The van der Waals surface area contributed by atoms with Crippen LogP contribution < -0.4 is 5.32 Å². The predicted molar refractivity (Wildman–Crippen MR) is 101 cm³/mol. The fourth-order valence-electron chi connectivity index (χ4n) is 3.52. The minimum Gasteiger partial charge on any atom is -0.311 e. The summed E-state index contributed by atoms with van der Waals surface area (Å²) < 4.78 is 67.1. The van der Waals surface area contributed by atoms with E-state index in [4.69, 9.17) is 0 Å². The standard InChI is InChI=1S/C19H14F5N5OS/c1-9-6-14(18(20,21)19(22,23)24)29-15(26-9)7-12(28-29)16(30)27-17-11(8-25)10-4-2-3-5-13(10)31-17/h6-7H,2-5H2,1H3,(H,27,30). The highest BCUT2D eigenvalue weighted by Crippen LogP contribution is 2.44. The third-order valence-electron chi connectivity index (χ3n) is 4.98. The number of aryl methyl sites for hydroxylation is 2. The van der Waals surface area contributed by atoms with Crippen LogP contribution in [0.4, 0.5) is 27.0 Å². The van der Waals surface area contributed by atoms with Crippen LogP contribution in [0.15, 0.2) is 12.1 Å². The molecular formula is C19H14F5N5OS. The van der Waals surface area contributed by atoms with Crippen LogP contribution in [0.1, 0.15) is 50.7 Å². The first-order valence-corrected chi connectivity index (χ1v) is 10.0. The zero-order valence-electron chi connectivity index (χ0n) is 16.0. The first-order chi connectivity index (χ1) is 14.5. The number of nitrogens with one attached hydrogen (secondary N) is 1. The van der Waals surface area contributed by atoms with E-state index in [0.717, 1.165) is 42.2 Å². The maximum absolute atomic E-state index is 14.0. The van der Waals surface area contributed by atoms with Gasteiger partial charge in [0.15, 0.2) is 11.3 Å². The molecule has 1 aliphatic rings. The lowest BCUT2D eigenvalue weighted by Gasteiger charge is -2.20. The summed E-state index contributed by atoms with van der Waals surface area (Å²) in [6, 6.07) is 3.68.